The molecule has 0 saturated carbocycles. The third-order valence-corrected chi connectivity index (χ3v) is 3.99. The van der Waals surface area contributed by atoms with E-state index in [0.29, 0.717) is 3.39 Å². The lowest BCUT2D eigenvalue weighted by Crippen LogP contribution is -2.14. The summed E-state index contributed by atoms with van der Waals surface area (Å²) in [6, 6.07) is 5.56. The first-order valence-corrected chi connectivity index (χ1v) is 6.46. The molecule has 0 atom stereocenters. The average molecular weight is 368 g/mol. The standard InChI is InChI=1S/C7H5BrIN4O/c8-4-1-2-6-5(3-4)9-13(14)12-7(10)11-6/h1-3H,(H2,10,12)/q-1. The molecule has 0 fully saturated rings. The Morgan fingerprint density at radius 2 is 2.29 bits per heavy atom. The van der Waals surface area contributed by atoms with E-state index in [1.807, 2.05) is 18.2 Å². The van der Waals surface area contributed by atoms with Crippen molar-refractivity contribution in [2.75, 3.05) is 0 Å². The van der Waals surface area contributed by atoms with Gasteiger partial charge in [0.25, 0.3) is 0 Å². The monoisotopic (exact) mass is 367 g/mol. The number of halogens is 2. The van der Waals surface area contributed by atoms with Crippen molar-refractivity contribution >= 4 is 42.9 Å². The Morgan fingerprint density at radius 3 is 3.07 bits per heavy atom. The van der Waals surface area contributed by atoms with Crippen molar-refractivity contribution in [3.8, 4) is 0 Å². The van der Waals surface area contributed by atoms with Crippen LogP contribution in [0.4, 0.5) is 0 Å². The van der Waals surface area contributed by atoms with Gasteiger partial charge in [-0.1, -0.05) is 15.9 Å². The molecule has 1 aromatic rings. The van der Waals surface area contributed by atoms with Crippen molar-refractivity contribution in [1.29, 1.82) is 0 Å². The molecule has 0 saturated heterocycles. The van der Waals surface area contributed by atoms with Crippen LogP contribution in [0.15, 0.2) is 32.8 Å². The third kappa shape index (κ3) is 2.10. The first kappa shape index (κ1) is 9.99. The van der Waals surface area contributed by atoms with Gasteiger partial charge in [0, 0.05) is 25.5 Å². The van der Waals surface area contributed by atoms with Crippen LogP contribution in [0.25, 0.3) is 0 Å². The van der Waals surface area contributed by atoms with Gasteiger partial charge in [-0.05, 0) is 18.2 Å². The van der Waals surface area contributed by atoms with Crippen LogP contribution in [0.3, 0.4) is 0 Å². The second kappa shape index (κ2) is 3.91. The fourth-order valence-corrected chi connectivity index (χ4v) is 3.55. The number of hydrazone groups is 1. The van der Waals surface area contributed by atoms with E-state index >= 15 is 0 Å². The minimum atomic E-state index is -0.853. The summed E-state index contributed by atoms with van der Waals surface area (Å²) in [7, 11) is 0. The Balaban J connectivity index is 2.76. The molecule has 2 rings (SSSR count). The number of fused-ring (bicyclic) bond motifs is 1. The maximum absolute atomic E-state index is 11.2. The maximum Gasteiger partial charge on any atom is 0.237 e. The van der Waals surface area contributed by atoms with E-state index in [1.54, 1.807) is 0 Å². The number of rotatable bonds is 0. The molecule has 0 spiro atoms. The number of guanidine groups is 1. The van der Waals surface area contributed by atoms with Crippen molar-refractivity contribution < 1.29 is 0 Å². The third-order valence-electron chi connectivity index (χ3n) is 1.49. The molecule has 5 nitrogen and oxygen atoms in total. The highest BCUT2D eigenvalue weighted by Crippen LogP contribution is 2.15. The van der Waals surface area contributed by atoms with Crippen LogP contribution < -0.4 is 11.1 Å². The average Bonchev–Trinajstić information content (AvgIpc) is 2.21. The smallest absolute Gasteiger partial charge is 0.237 e. The summed E-state index contributed by atoms with van der Waals surface area (Å²) in [4.78, 5) is 4.02. The van der Waals surface area contributed by atoms with Crippen molar-refractivity contribution in [1.82, 2.24) is 3.39 Å². The van der Waals surface area contributed by atoms with Gasteiger partial charge in [-0.2, -0.15) is 0 Å². The van der Waals surface area contributed by atoms with E-state index in [-0.39, 0.29) is 5.96 Å². The fraction of sp³-hybridized carbons (Fsp3) is 0. The van der Waals surface area contributed by atoms with Crippen LogP contribution in [-0.4, -0.2) is 9.35 Å². The van der Waals surface area contributed by atoms with Gasteiger partial charge < -0.3 is 14.3 Å². The number of hydrogen-bond acceptors (Lipinski definition) is 5. The zero-order valence-electron chi connectivity index (χ0n) is 6.82. The van der Waals surface area contributed by atoms with Gasteiger partial charge in [0.1, 0.15) is 0 Å². The molecule has 74 valence electrons. The van der Waals surface area contributed by atoms with Crippen LogP contribution in [0.2, 0.25) is 0 Å². The van der Waals surface area contributed by atoms with Crippen LogP contribution in [0.5, 0.6) is 0 Å². The van der Waals surface area contributed by atoms with Crippen molar-refractivity contribution in [2.24, 2.45) is 15.8 Å². The highest BCUT2D eigenvalue weighted by molar-refractivity contribution is 14.1. The van der Waals surface area contributed by atoms with E-state index in [2.05, 4.69) is 26.0 Å². The molecule has 1 aliphatic heterocycles. The molecule has 1 aliphatic rings. The quantitative estimate of drug-likeness (QED) is 0.553. The highest BCUT2D eigenvalue weighted by atomic mass is 127. The number of benzene rings is 1. The number of nitrogens with zero attached hydrogens (tertiary/aromatic N) is 3. The second-order valence-corrected chi connectivity index (χ2v) is 5.86. The van der Waals surface area contributed by atoms with Gasteiger partial charge in [-0.15, -0.1) is 5.10 Å². The maximum atomic E-state index is 11.2. The summed E-state index contributed by atoms with van der Waals surface area (Å²) in [5.41, 5.74) is 5.43. The normalized spacial score (nSPS) is 15.3. The lowest BCUT2D eigenvalue weighted by Gasteiger charge is -2.15. The number of nitrogens with two attached hydrogens (primary N) is 1. The van der Waals surface area contributed by atoms with E-state index in [1.165, 1.54) is 0 Å². The second-order valence-electron chi connectivity index (χ2n) is 2.48. The van der Waals surface area contributed by atoms with Gasteiger partial charge in [0.05, 0.1) is 8.51 Å². The predicted octanol–water partition coefficient (Wildman–Crippen LogP) is 1.25. The zero-order valence-corrected chi connectivity index (χ0v) is 10.6. The molecular weight excluding hydrogens is 363 g/mol. The number of hydrogen-bond donors (Lipinski definition) is 1. The summed E-state index contributed by atoms with van der Waals surface area (Å²) in [6.07, 6.45) is 0. The molecule has 1 aromatic carbocycles. The van der Waals surface area contributed by atoms with Crippen molar-refractivity contribution in [2.45, 2.75) is 0 Å². The van der Waals surface area contributed by atoms with Crippen LogP contribution in [-0.2, 0) is 0 Å². The SMILES string of the molecule is NC1=NN([O-])I=c2cc(Br)ccc2=N1. The van der Waals surface area contributed by atoms with E-state index in [4.69, 9.17) is 5.73 Å². The summed E-state index contributed by atoms with van der Waals surface area (Å²) in [6.45, 7) is 0. The van der Waals surface area contributed by atoms with Crippen LogP contribution in [0, 0.1) is 8.36 Å². The van der Waals surface area contributed by atoms with Gasteiger partial charge in [-0.25, -0.2) is 4.99 Å². The van der Waals surface area contributed by atoms with Gasteiger partial charge >= 0.3 is 0 Å². The van der Waals surface area contributed by atoms with Gasteiger partial charge in [0.2, 0.25) is 5.96 Å². The molecule has 2 N–H and O–H groups in total. The van der Waals surface area contributed by atoms with E-state index in [9.17, 15) is 5.21 Å². The molecule has 1 heterocycles. The molecule has 0 aromatic heterocycles. The molecular formula is C7H5BrIN4O-. The van der Waals surface area contributed by atoms with E-state index < -0.39 is 21.0 Å². The first-order valence-electron chi connectivity index (χ1n) is 3.63. The highest BCUT2D eigenvalue weighted by Gasteiger charge is 1.97. The Bertz CT molecular complexity index is 515. The molecule has 7 heteroatoms. The predicted molar refractivity (Wildman–Crippen MR) is 65.0 cm³/mol. The summed E-state index contributed by atoms with van der Waals surface area (Å²) in [5.74, 6) is 0.0146. The Kier molecular flexibility index (Phi) is 2.79. The fourth-order valence-electron chi connectivity index (χ4n) is 0.963. The molecule has 0 bridgehead atoms. The Hall–Kier alpha value is -0.540. The molecule has 0 unspecified atom stereocenters. The van der Waals surface area contributed by atoms with Crippen LogP contribution >= 0.6 is 36.9 Å². The zero-order chi connectivity index (χ0) is 10.1. The Morgan fingerprint density at radius 1 is 1.50 bits per heavy atom. The minimum Gasteiger partial charge on any atom is -0.733 e. The topological polar surface area (TPSA) is 77.0 Å². The lowest BCUT2D eigenvalue weighted by molar-refractivity contribution is 0.730. The summed E-state index contributed by atoms with van der Waals surface area (Å²) >= 11 is 2.48. The largest absolute Gasteiger partial charge is 0.733 e. The van der Waals surface area contributed by atoms with Gasteiger partial charge in [-0.3, -0.25) is 0 Å². The van der Waals surface area contributed by atoms with Crippen molar-refractivity contribution in [3.05, 3.63) is 36.4 Å². The van der Waals surface area contributed by atoms with Gasteiger partial charge in [0.15, 0.2) is 0 Å². The van der Waals surface area contributed by atoms with Crippen LogP contribution in [0.1, 0.15) is 0 Å². The minimum absolute atomic E-state index is 0.0146. The summed E-state index contributed by atoms with van der Waals surface area (Å²) < 4.78 is 2.48. The Labute approximate surface area is 98.1 Å². The lowest BCUT2D eigenvalue weighted by atomic mass is 10.3. The summed E-state index contributed by atoms with van der Waals surface area (Å²) in [5, 5.41) is 15.5. The first-order chi connectivity index (χ1) is 6.65. The molecule has 0 amide bonds. The molecule has 14 heavy (non-hydrogen) atoms. The molecule has 0 radical (unpaired) electrons. The van der Waals surface area contributed by atoms with Crippen molar-refractivity contribution in [3.63, 3.8) is 0 Å². The van der Waals surface area contributed by atoms with E-state index in [0.717, 1.165) is 13.0 Å². The molecule has 0 aliphatic carbocycles.